The monoisotopic (exact) mass is 297 g/mol. The van der Waals surface area contributed by atoms with Gasteiger partial charge in [0, 0.05) is 6.04 Å². The third-order valence-corrected chi connectivity index (χ3v) is 3.52. The van der Waals surface area contributed by atoms with E-state index in [-0.39, 0.29) is 12.8 Å². The van der Waals surface area contributed by atoms with Gasteiger partial charge >= 0.3 is 12.4 Å². The Labute approximate surface area is 112 Å². The number of nitrogens with one attached hydrogen (secondary N) is 1. The molecule has 0 heterocycles. The molecule has 1 N–H and O–H groups in total. The molecule has 1 atom stereocenters. The van der Waals surface area contributed by atoms with Crippen molar-refractivity contribution in [3.05, 3.63) is 35.4 Å². The smallest absolute Gasteiger partial charge is 0.297 e. The average molecular weight is 297 g/mol. The highest BCUT2D eigenvalue weighted by atomic mass is 19.4. The molecule has 1 aromatic rings. The molecule has 0 saturated heterocycles. The Hall–Kier alpha value is -1.24. The van der Waals surface area contributed by atoms with Gasteiger partial charge in [0.25, 0.3) is 0 Å². The van der Waals surface area contributed by atoms with Gasteiger partial charge in [0.05, 0.1) is 5.56 Å². The standard InChI is InChI=1S/C13H13F6N/c1-8(20-11(6-7-11)13(17,18)19)9-2-4-10(5-3-9)12(14,15)16/h2-5,8,20H,6-7H2,1H3. The molecule has 0 radical (unpaired) electrons. The molecule has 1 unspecified atom stereocenters. The lowest BCUT2D eigenvalue weighted by molar-refractivity contribution is -0.167. The van der Waals surface area contributed by atoms with E-state index in [0.717, 1.165) is 12.1 Å². The maximum atomic E-state index is 12.8. The van der Waals surface area contributed by atoms with Crippen LogP contribution in [0.2, 0.25) is 0 Å². The minimum Gasteiger partial charge on any atom is -0.297 e. The highest BCUT2D eigenvalue weighted by molar-refractivity contribution is 5.27. The van der Waals surface area contributed by atoms with Crippen molar-refractivity contribution in [2.75, 3.05) is 0 Å². The summed E-state index contributed by atoms with van der Waals surface area (Å²) in [4.78, 5) is 0. The number of hydrogen-bond donors (Lipinski definition) is 1. The summed E-state index contributed by atoms with van der Waals surface area (Å²) >= 11 is 0. The molecule has 2 rings (SSSR count). The number of alkyl halides is 6. The molecule has 7 heteroatoms. The fraction of sp³-hybridized carbons (Fsp3) is 0.538. The molecular formula is C13H13F6N. The van der Waals surface area contributed by atoms with Crippen molar-refractivity contribution in [1.29, 1.82) is 0 Å². The van der Waals surface area contributed by atoms with Gasteiger partial charge < -0.3 is 0 Å². The molecule has 20 heavy (non-hydrogen) atoms. The van der Waals surface area contributed by atoms with Gasteiger partial charge in [-0.25, -0.2) is 0 Å². The summed E-state index contributed by atoms with van der Waals surface area (Å²) in [6.07, 6.45) is -8.78. The first-order valence-corrected chi connectivity index (χ1v) is 6.07. The topological polar surface area (TPSA) is 12.0 Å². The molecule has 1 aromatic carbocycles. The van der Waals surface area contributed by atoms with E-state index in [1.165, 1.54) is 19.1 Å². The lowest BCUT2D eigenvalue weighted by atomic mass is 10.0. The van der Waals surface area contributed by atoms with Crippen LogP contribution in [0, 0.1) is 0 Å². The Kier molecular flexibility index (Phi) is 3.52. The van der Waals surface area contributed by atoms with Gasteiger partial charge in [-0.1, -0.05) is 12.1 Å². The van der Waals surface area contributed by atoms with E-state index < -0.39 is 29.5 Å². The van der Waals surface area contributed by atoms with Gasteiger partial charge in [-0.3, -0.25) is 5.32 Å². The molecular weight excluding hydrogens is 284 g/mol. The third kappa shape index (κ3) is 2.92. The van der Waals surface area contributed by atoms with Crippen molar-refractivity contribution >= 4 is 0 Å². The van der Waals surface area contributed by atoms with Crippen LogP contribution in [0.4, 0.5) is 26.3 Å². The van der Waals surface area contributed by atoms with Crippen LogP contribution in [0.25, 0.3) is 0 Å². The first kappa shape index (κ1) is 15.2. The number of rotatable bonds is 3. The van der Waals surface area contributed by atoms with Crippen LogP contribution in [0.3, 0.4) is 0 Å². The number of halogens is 6. The van der Waals surface area contributed by atoms with Crippen LogP contribution in [-0.2, 0) is 6.18 Å². The van der Waals surface area contributed by atoms with Crippen molar-refractivity contribution in [2.45, 2.75) is 43.7 Å². The minimum absolute atomic E-state index is 0.00146. The quantitative estimate of drug-likeness (QED) is 0.813. The van der Waals surface area contributed by atoms with Crippen molar-refractivity contribution in [2.24, 2.45) is 0 Å². The molecule has 0 aromatic heterocycles. The fourth-order valence-electron chi connectivity index (χ4n) is 2.09. The van der Waals surface area contributed by atoms with Gasteiger partial charge in [-0.05, 0) is 37.5 Å². The van der Waals surface area contributed by atoms with E-state index in [0.29, 0.717) is 5.56 Å². The van der Waals surface area contributed by atoms with E-state index in [1.54, 1.807) is 0 Å². The van der Waals surface area contributed by atoms with Crippen molar-refractivity contribution in [1.82, 2.24) is 5.32 Å². The van der Waals surface area contributed by atoms with E-state index in [1.807, 2.05) is 0 Å². The molecule has 1 aliphatic carbocycles. The van der Waals surface area contributed by atoms with Crippen LogP contribution in [0.5, 0.6) is 0 Å². The SMILES string of the molecule is CC(NC1(C(F)(F)F)CC1)c1ccc(C(F)(F)F)cc1. The van der Waals surface area contributed by atoms with Crippen LogP contribution in [0.1, 0.15) is 36.9 Å². The summed E-state index contributed by atoms with van der Waals surface area (Å²) < 4.78 is 75.5. The summed E-state index contributed by atoms with van der Waals surface area (Å²) in [5, 5.41) is 2.48. The van der Waals surface area contributed by atoms with Gasteiger partial charge in [-0.2, -0.15) is 26.3 Å². The van der Waals surface area contributed by atoms with Crippen molar-refractivity contribution in [3.63, 3.8) is 0 Å². The predicted octanol–water partition coefficient (Wildman–Crippen LogP) is 4.45. The van der Waals surface area contributed by atoms with Gasteiger partial charge in [-0.15, -0.1) is 0 Å². The summed E-state index contributed by atoms with van der Waals surface area (Å²) in [6.45, 7) is 1.51. The van der Waals surface area contributed by atoms with E-state index >= 15 is 0 Å². The Bertz CT molecular complexity index is 469. The zero-order valence-corrected chi connectivity index (χ0v) is 10.6. The Morgan fingerprint density at radius 2 is 1.50 bits per heavy atom. The van der Waals surface area contributed by atoms with Crippen LogP contribution >= 0.6 is 0 Å². The zero-order chi connectivity index (χ0) is 15.2. The van der Waals surface area contributed by atoms with Gasteiger partial charge in [0.2, 0.25) is 0 Å². The predicted molar refractivity (Wildman–Crippen MR) is 61.0 cm³/mol. The molecule has 0 amide bonds. The molecule has 0 bridgehead atoms. The highest BCUT2D eigenvalue weighted by Gasteiger charge is 2.63. The normalized spacial score (nSPS) is 19.8. The average Bonchev–Trinajstić information content (AvgIpc) is 3.08. The lowest BCUT2D eigenvalue weighted by Crippen LogP contribution is -2.45. The molecule has 1 saturated carbocycles. The van der Waals surface area contributed by atoms with E-state index in [4.69, 9.17) is 0 Å². The Morgan fingerprint density at radius 1 is 1.00 bits per heavy atom. The first-order chi connectivity index (χ1) is 9.05. The largest absolute Gasteiger partial charge is 0.416 e. The maximum absolute atomic E-state index is 12.8. The second-order valence-electron chi connectivity index (χ2n) is 5.07. The Morgan fingerprint density at radius 3 is 1.85 bits per heavy atom. The van der Waals surface area contributed by atoms with E-state index in [2.05, 4.69) is 5.32 Å². The van der Waals surface area contributed by atoms with Crippen LogP contribution in [0.15, 0.2) is 24.3 Å². The maximum Gasteiger partial charge on any atom is 0.416 e. The highest BCUT2D eigenvalue weighted by Crippen LogP contribution is 2.50. The number of hydrogen-bond acceptors (Lipinski definition) is 1. The van der Waals surface area contributed by atoms with Gasteiger partial charge in [0.15, 0.2) is 0 Å². The van der Waals surface area contributed by atoms with Crippen LogP contribution < -0.4 is 5.32 Å². The first-order valence-electron chi connectivity index (χ1n) is 6.07. The second kappa shape index (κ2) is 4.65. The molecule has 1 fully saturated rings. The fourth-order valence-corrected chi connectivity index (χ4v) is 2.09. The summed E-state index contributed by atoms with van der Waals surface area (Å²) in [7, 11) is 0. The lowest BCUT2D eigenvalue weighted by Gasteiger charge is -2.25. The summed E-state index contributed by atoms with van der Waals surface area (Å²) in [6, 6.07) is 3.49. The molecule has 112 valence electrons. The second-order valence-corrected chi connectivity index (χ2v) is 5.07. The minimum atomic E-state index is -4.45. The summed E-state index contributed by atoms with van der Waals surface area (Å²) in [5.74, 6) is 0. The third-order valence-electron chi connectivity index (χ3n) is 3.52. The molecule has 1 nitrogen and oxygen atoms in total. The molecule has 0 spiro atoms. The van der Waals surface area contributed by atoms with E-state index in [9.17, 15) is 26.3 Å². The Balaban J connectivity index is 2.09. The zero-order valence-electron chi connectivity index (χ0n) is 10.6. The summed E-state index contributed by atoms with van der Waals surface area (Å²) in [5.41, 5.74) is -2.30. The van der Waals surface area contributed by atoms with Crippen molar-refractivity contribution < 1.29 is 26.3 Å². The molecule has 1 aliphatic rings. The molecule has 0 aliphatic heterocycles. The van der Waals surface area contributed by atoms with Crippen LogP contribution in [-0.4, -0.2) is 11.7 Å². The number of benzene rings is 1. The van der Waals surface area contributed by atoms with Gasteiger partial charge in [0.1, 0.15) is 5.54 Å². The van der Waals surface area contributed by atoms with Crippen molar-refractivity contribution in [3.8, 4) is 0 Å².